The molecule has 2 nitrogen and oxygen atoms in total. The van der Waals surface area contributed by atoms with Crippen LogP contribution in [-0.2, 0) is 0 Å². The van der Waals surface area contributed by atoms with Gasteiger partial charge in [-0.05, 0) is 127 Å². The molecule has 300 valence electrons. The lowest BCUT2D eigenvalue weighted by Crippen LogP contribution is -2.61. The highest BCUT2D eigenvalue weighted by Crippen LogP contribution is 2.48. The Balaban J connectivity index is 1.15. The maximum absolute atomic E-state index is 2.57. The van der Waals surface area contributed by atoms with Crippen LogP contribution in [0.3, 0.4) is 0 Å². The van der Waals surface area contributed by atoms with Crippen LogP contribution >= 0.6 is 0 Å². The predicted molar refractivity (Wildman–Crippen MR) is 272 cm³/mol. The molecule has 0 saturated carbocycles. The number of hydrogen-bond acceptors (Lipinski definition) is 2. The lowest BCUT2D eigenvalue weighted by Gasteiger charge is -2.45. The van der Waals surface area contributed by atoms with E-state index in [-0.39, 0.29) is 6.71 Å². The lowest BCUT2D eigenvalue weighted by atomic mass is 9.33. The average molecular weight is 815 g/mol. The van der Waals surface area contributed by atoms with Crippen LogP contribution in [-0.4, -0.2) is 6.71 Å². The second-order valence-electron chi connectivity index (χ2n) is 17.0. The maximum atomic E-state index is 2.57. The largest absolute Gasteiger partial charge is 0.311 e. The SMILES string of the molecule is Cc1cc2c3c(c1)N(c1ccc(-c4ccccc4)cc1-c1ccccc1)c1cc(-c4ccccc4)ccc1B3c1cc(-c3ccccc3)ccc1N2c1ccc(-c2ccccc2)cc1. The lowest BCUT2D eigenvalue weighted by molar-refractivity contribution is 1.24. The van der Waals surface area contributed by atoms with Crippen molar-refractivity contribution in [3.63, 3.8) is 0 Å². The summed E-state index contributed by atoms with van der Waals surface area (Å²) < 4.78 is 0. The molecule has 0 unspecified atom stereocenters. The molecule has 3 heteroatoms. The first kappa shape index (κ1) is 37.6. The van der Waals surface area contributed by atoms with E-state index in [0.29, 0.717) is 0 Å². The fraction of sp³-hybridized carbons (Fsp3) is 0.0164. The molecule has 0 atom stereocenters. The van der Waals surface area contributed by atoms with Crippen LogP contribution < -0.4 is 26.2 Å². The van der Waals surface area contributed by atoms with Crippen LogP contribution in [0.25, 0.3) is 55.6 Å². The van der Waals surface area contributed by atoms with Crippen molar-refractivity contribution in [2.45, 2.75) is 6.92 Å². The Labute approximate surface area is 376 Å². The molecule has 2 aliphatic heterocycles. The summed E-state index contributed by atoms with van der Waals surface area (Å²) in [4.78, 5) is 5.09. The van der Waals surface area contributed by atoms with E-state index in [0.717, 1.165) is 11.4 Å². The van der Waals surface area contributed by atoms with Gasteiger partial charge >= 0.3 is 0 Å². The van der Waals surface area contributed by atoms with E-state index < -0.39 is 0 Å². The molecule has 0 N–H and O–H groups in total. The molecule has 12 rings (SSSR count). The molecular formula is C61H43BN2. The highest BCUT2D eigenvalue weighted by atomic mass is 15.2. The van der Waals surface area contributed by atoms with E-state index in [1.165, 1.54) is 100 Å². The van der Waals surface area contributed by atoms with E-state index in [4.69, 9.17) is 0 Å². The molecule has 10 aromatic rings. The summed E-state index contributed by atoms with van der Waals surface area (Å²) in [5.74, 6) is 0. The fourth-order valence-electron chi connectivity index (χ4n) is 10.1. The summed E-state index contributed by atoms with van der Waals surface area (Å²) in [7, 11) is 0. The molecule has 10 aromatic carbocycles. The van der Waals surface area contributed by atoms with Crippen molar-refractivity contribution in [2.24, 2.45) is 0 Å². The molecule has 0 amide bonds. The molecule has 0 spiro atoms. The maximum Gasteiger partial charge on any atom is 0.252 e. The van der Waals surface area contributed by atoms with Crippen molar-refractivity contribution in [1.82, 2.24) is 0 Å². The summed E-state index contributed by atoms with van der Waals surface area (Å²) in [5, 5.41) is 0. The third-order valence-electron chi connectivity index (χ3n) is 13.1. The van der Waals surface area contributed by atoms with E-state index in [9.17, 15) is 0 Å². The second-order valence-corrected chi connectivity index (χ2v) is 17.0. The first-order chi connectivity index (χ1) is 31.7. The van der Waals surface area contributed by atoms with Gasteiger partial charge in [-0.15, -0.1) is 0 Å². The van der Waals surface area contributed by atoms with Gasteiger partial charge in [0, 0.05) is 34.0 Å². The minimum absolute atomic E-state index is 0.0241. The normalized spacial score (nSPS) is 12.4. The van der Waals surface area contributed by atoms with Gasteiger partial charge in [-0.2, -0.15) is 0 Å². The van der Waals surface area contributed by atoms with Gasteiger partial charge in [0.25, 0.3) is 6.71 Å². The van der Waals surface area contributed by atoms with Crippen molar-refractivity contribution in [2.75, 3.05) is 9.80 Å². The second kappa shape index (κ2) is 15.6. The predicted octanol–water partition coefficient (Wildman–Crippen LogP) is 14.4. The van der Waals surface area contributed by atoms with E-state index in [2.05, 4.69) is 259 Å². The highest BCUT2D eigenvalue weighted by Gasteiger charge is 2.44. The number of fused-ring (bicyclic) bond motifs is 4. The molecule has 2 aliphatic rings. The molecule has 0 aromatic heterocycles. The summed E-state index contributed by atoms with van der Waals surface area (Å²) in [6.07, 6.45) is 0. The molecule has 0 saturated heterocycles. The van der Waals surface area contributed by atoms with Crippen LogP contribution in [0.1, 0.15) is 5.56 Å². The topological polar surface area (TPSA) is 6.48 Å². The van der Waals surface area contributed by atoms with Crippen molar-refractivity contribution in [3.05, 3.63) is 248 Å². The minimum atomic E-state index is -0.0241. The average Bonchev–Trinajstić information content (AvgIpc) is 3.37. The molecule has 0 aliphatic carbocycles. The Morgan fingerprint density at radius 1 is 0.281 bits per heavy atom. The molecule has 0 bridgehead atoms. The third kappa shape index (κ3) is 6.44. The number of nitrogens with zero attached hydrogens (tertiary/aromatic N) is 2. The molecule has 64 heavy (non-hydrogen) atoms. The van der Waals surface area contributed by atoms with Crippen molar-refractivity contribution < 1.29 is 0 Å². The number of benzene rings is 10. The molecule has 0 radical (unpaired) electrons. The van der Waals surface area contributed by atoms with Crippen molar-refractivity contribution in [3.8, 4) is 55.6 Å². The van der Waals surface area contributed by atoms with Gasteiger partial charge in [0.05, 0.1) is 5.69 Å². The molecular weight excluding hydrogens is 771 g/mol. The third-order valence-corrected chi connectivity index (χ3v) is 13.1. The zero-order valence-electron chi connectivity index (χ0n) is 35.6. The Bertz CT molecular complexity index is 3310. The fourth-order valence-corrected chi connectivity index (χ4v) is 10.1. The number of rotatable bonds is 7. The van der Waals surface area contributed by atoms with Crippen LogP contribution in [0.4, 0.5) is 34.1 Å². The zero-order valence-corrected chi connectivity index (χ0v) is 35.6. The number of anilines is 6. The molecule has 0 fully saturated rings. The first-order valence-corrected chi connectivity index (χ1v) is 22.2. The standard InChI is InChI=1S/C61H43BN2/c1-42-37-59-61-60(38-42)64(56-35-30-49(44-19-9-3-10-20-44)39-53(56)48-25-15-6-16-26-48)58-41-51(46-23-13-5-14-24-46)29-34-54(58)62(61)55-40-50(45-21-11-4-12-22-45)31-36-57(55)63(59)52-32-27-47(28-33-52)43-17-7-2-8-18-43/h2-41H,1H3. The summed E-state index contributed by atoms with van der Waals surface area (Å²) in [5.41, 5.74) is 24.1. The van der Waals surface area contributed by atoms with Crippen LogP contribution in [0.15, 0.2) is 243 Å². The Kier molecular flexibility index (Phi) is 9.20. The van der Waals surface area contributed by atoms with Crippen LogP contribution in [0.5, 0.6) is 0 Å². The van der Waals surface area contributed by atoms with Gasteiger partial charge in [0.15, 0.2) is 0 Å². The Hall–Kier alpha value is -8.14. The number of hydrogen-bond donors (Lipinski definition) is 0. The summed E-state index contributed by atoms with van der Waals surface area (Å²) >= 11 is 0. The highest BCUT2D eigenvalue weighted by molar-refractivity contribution is 7.00. The Morgan fingerprint density at radius 2 is 0.703 bits per heavy atom. The zero-order chi connectivity index (χ0) is 42.6. The van der Waals surface area contributed by atoms with Gasteiger partial charge < -0.3 is 9.80 Å². The van der Waals surface area contributed by atoms with E-state index in [1.807, 2.05) is 0 Å². The summed E-state index contributed by atoms with van der Waals surface area (Å²) in [6.45, 7) is 2.23. The van der Waals surface area contributed by atoms with Crippen molar-refractivity contribution >= 4 is 57.2 Å². The van der Waals surface area contributed by atoms with Crippen LogP contribution in [0, 0.1) is 6.92 Å². The van der Waals surface area contributed by atoms with Gasteiger partial charge in [0.2, 0.25) is 0 Å². The first-order valence-electron chi connectivity index (χ1n) is 22.2. The smallest absolute Gasteiger partial charge is 0.252 e. The molecule has 2 heterocycles. The summed E-state index contributed by atoms with van der Waals surface area (Å²) in [6, 6.07) is 89.2. The van der Waals surface area contributed by atoms with Gasteiger partial charge in [-0.1, -0.05) is 194 Å². The minimum Gasteiger partial charge on any atom is -0.311 e. The van der Waals surface area contributed by atoms with E-state index in [1.54, 1.807) is 0 Å². The quantitative estimate of drug-likeness (QED) is 0.148. The van der Waals surface area contributed by atoms with Crippen LogP contribution in [0.2, 0.25) is 0 Å². The van der Waals surface area contributed by atoms with Crippen molar-refractivity contribution in [1.29, 1.82) is 0 Å². The monoisotopic (exact) mass is 814 g/mol. The van der Waals surface area contributed by atoms with E-state index >= 15 is 0 Å². The van der Waals surface area contributed by atoms with Gasteiger partial charge in [-0.25, -0.2) is 0 Å². The van der Waals surface area contributed by atoms with Gasteiger partial charge in [-0.3, -0.25) is 0 Å². The van der Waals surface area contributed by atoms with Gasteiger partial charge in [0.1, 0.15) is 0 Å². The Morgan fingerprint density at radius 3 is 1.27 bits per heavy atom. The number of aryl methyl sites for hydroxylation is 1.